The number of benzene rings is 7. The Bertz CT molecular complexity index is 6310. The Hall–Kier alpha value is -11.5. The van der Waals surface area contributed by atoms with Gasteiger partial charge in [-0.05, 0) is 171 Å². The van der Waals surface area contributed by atoms with Crippen molar-refractivity contribution in [2.75, 3.05) is 0 Å². The van der Waals surface area contributed by atoms with Crippen LogP contribution in [0, 0.1) is 76.0 Å². The highest BCUT2D eigenvalue weighted by Gasteiger charge is 2.30. The zero-order valence-electron chi connectivity index (χ0n) is 65.1. The highest BCUT2D eigenvalue weighted by atomic mass is 15.1. The SMILES string of the molecule is Cc1c(-c2c3ccccc3cc[n+]2C)cc2c(nc3n2C=CC3)c1C.Cc1cc(-c2cc3c(nc4n3-c3ccccc3C4)c(C)c2C)[n+](C)cn1.[2H]C([2H])([2H])c1c(C)c(-c2cc(C)nc[n+]2C)cc2c1nc1n2-c2ccccc2C1.[2H]C([2H])([2H])c1c(C)c(-c2cc(C)nc[n+]2C)cc2c1nc1n2C=C(C)C1. The molecule has 0 bridgehead atoms. The molecule has 0 saturated heterocycles. The summed E-state index contributed by atoms with van der Waals surface area (Å²) in [4.78, 5) is 32.4. The molecule has 15 nitrogen and oxygen atoms in total. The lowest BCUT2D eigenvalue weighted by Gasteiger charge is -2.12. The first-order valence-corrected chi connectivity index (χ1v) is 34.1. The zero-order chi connectivity index (χ0) is 74.4. The molecule has 0 aliphatic carbocycles. The van der Waals surface area contributed by atoms with Crippen molar-refractivity contribution in [1.29, 1.82) is 0 Å². The van der Waals surface area contributed by atoms with Gasteiger partial charge in [0.1, 0.15) is 47.4 Å². The Morgan fingerprint density at radius 1 is 0.400 bits per heavy atom. The number of rotatable bonds is 4. The topological polar surface area (TPSA) is 125 Å². The summed E-state index contributed by atoms with van der Waals surface area (Å²) < 4.78 is 65.8. The molecule has 494 valence electrons. The first-order valence-electron chi connectivity index (χ1n) is 37.1. The number of para-hydroxylation sites is 2. The number of allylic oxidation sites excluding steroid dienone is 2. The Labute approximate surface area is 591 Å². The van der Waals surface area contributed by atoms with Crippen LogP contribution in [0.25, 0.3) is 124 Å². The molecule has 100 heavy (non-hydrogen) atoms. The van der Waals surface area contributed by atoms with Crippen LogP contribution in [0.5, 0.6) is 0 Å². The second-order valence-corrected chi connectivity index (χ2v) is 27.5. The summed E-state index contributed by atoms with van der Waals surface area (Å²) in [5, 5.41) is 2.55. The molecular weight excluding hydrogens is 1230 g/mol. The van der Waals surface area contributed by atoms with E-state index in [1.807, 2.05) is 99.2 Å². The Morgan fingerprint density at radius 3 is 1.38 bits per heavy atom. The average Bonchev–Trinajstić information content (AvgIpc) is 1.57. The van der Waals surface area contributed by atoms with Gasteiger partial charge >= 0.3 is 0 Å². The van der Waals surface area contributed by atoms with Crippen molar-refractivity contribution in [1.82, 2.24) is 53.2 Å². The lowest BCUT2D eigenvalue weighted by molar-refractivity contribution is -0.663. The third kappa shape index (κ3) is 10.3. The molecule has 0 radical (unpaired) electrons. The van der Waals surface area contributed by atoms with Gasteiger partial charge in [-0.15, -0.1) is 0 Å². The van der Waals surface area contributed by atoms with Crippen LogP contribution < -0.4 is 18.3 Å². The van der Waals surface area contributed by atoms with Gasteiger partial charge in [-0.3, -0.25) is 9.13 Å². The molecule has 0 saturated carbocycles. The normalized spacial score (nSPS) is 14.0. The molecule has 0 N–H and O–H groups in total. The third-order valence-corrected chi connectivity index (χ3v) is 20.9. The number of fused-ring (bicyclic) bond motifs is 17. The fourth-order valence-electron chi connectivity index (χ4n) is 15.2. The minimum absolute atomic E-state index is 0.332. The molecule has 0 unspecified atom stereocenters. The van der Waals surface area contributed by atoms with Crippen molar-refractivity contribution in [3.8, 4) is 56.4 Å². The summed E-state index contributed by atoms with van der Waals surface area (Å²) in [5.74, 6) is 4.06. The number of pyridine rings is 1. The van der Waals surface area contributed by atoms with E-state index in [9.17, 15) is 0 Å². The van der Waals surface area contributed by atoms with Gasteiger partial charge in [0.15, 0.2) is 23.3 Å². The molecule has 0 atom stereocenters. The van der Waals surface area contributed by atoms with Crippen LogP contribution in [0.4, 0.5) is 0 Å². The van der Waals surface area contributed by atoms with E-state index >= 15 is 0 Å². The molecule has 0 amide bonds. The van der Waals surface area contributed by atoms with Crippen molar-refractivity contribution >= 4 is 67.3 Å². The van der Waals surface area contributed by atoms with E-state index in [-0.39, 0.29) is 0 Å². The van der Waals surface area contributed by atoms with E-state index in [1.165, 1.54) is 89.0 Å². The van der Waals surface area contributed by atoms with Crippen LogP contribution in [0.15, 0.2) is 158 Å². The number of hydrogen-bond acceptors (Lipinski definition) is 7. The van der Waals surface area contributed by atoms with E-state index in [0.717, 1.165) is 121 Å². The molecule has 19 rings (SSSR count). The smallest absolute Gasteiger partial charge is 0.286 e. The lowest BCUT2D eigenvalue weighted by Crippen LogP contribution is -2.31. The maximum Gasteiger partial charge on any atom is 0.286 e. The van der Waals surface area contributed by atoms with Crippen LogP contribution in [-0.4, -0.2) is 53.2 Å². The summed E-state index contributed by atoms with van der Waals surface area (Å²) >= 11 is 0. The minimum Gasteiger partial charge on any atom is -0.303 e. The zero-order valence-corrected chi connectivity index (χ0v) is 59.1. The molecule has 0 fully saturated rings. The van der Waals surface area contributed by atoms with Gasteiger partial charge in [-0.2, -0.15) is 0 Å². The predicted octanol–water partition coefficient (Wildman–Crippen LogP) is 15.1. The molecule has 4 aliphatic rings. The van der Waals surface area contributed by atoms with Crippen LogP contribution >= 0.6 is 0 Å². The van der Waals surface area contributed by atoms with Gasteiger partial charge in [0, 0.05) is 108 Å². The largest absolute Gasteiger partial charge is 0.303 e. The fourth-order valence-corrected chi connectivity index (χ4v) is 15.2. The van der Waals surface area contributed by atoms with Crippen LogP contribution in [0.2, 0.25) is 0 Å². The molecule has 15 aromatic rings. The van der Waals surface area contributed by atoms with Crippen molar-refractivity contribution < 1.29 is 26.5 Å². The van der Waals surface area contributed by atoms with Crippen molar-refractivity contribution in [2.24, 2.45) is 28.2 Å². The second-order valence-electron chi connectivity index (χ2n) is 27.5. The predicted molar refractivity (Wildman–Crippen MR) is 399 cm³/mol. The van der Waals surface area contributed by atoms with Gasteiger partial charge in [0.05, 0.1) is 87.6 Å². The highest BCUT2D eigenvalue weighted by molar-refractivity contribution is 5.98. The van der Waals surface area contributed by atoms with Gasteiger partial charge in [-0.25, -0.2) is 38.2 Å². The molecule has 4 aliphatic heterocycles. The summed E-state index contributed by atoms with van der Waals surface area (Å²) in [6.45, 7) is 16.0. The Balaban J connectivity index is 0.000000108. The Kier molecular flexibility index (Phi) is 13.7. The fraction of sp³-hybridized carbons (Fsp3) is 0.235. The first kappa shape index (κ1) is 56.6. The highest BCUT2D eigenvalue weighted by Crippen LogP contribution is 2.41. The molecule has 12 heterocycles. The molecule has 15 heteroatoms. The van der Waals surface area contributed by atoms with Gasteiger partial charge in [0.2, 0.25) is 5.69 Å². The summed E-state index contributed by atoms with van der Waals surface area (Å²) in [6, 6.07) is 42.5. The van der Waals surface area contributed by atoms with Crippen molar-refractivity contribution in [2.45, 2.75) is 109 Å². The number of imidazole rings is 4. The molecule has 7 aromatic carbocycles. The van der Waals surface area contributed by atoms with Gasteiger partial charge < -0.3 is 9.13 Å². The molecular formula is C85H83N15+4. The summed E-state index contributed by atoms with van der Waals surface area (Å²) in [6.07, 6.45) is 17.2. The van der Waals surface area contributed by atoms with E-state index in [2.05, 4.69) is 207 Å². The van der Waals surface area contributed by atoms with Crippen LogP contribution in [0.3, 0.4) is 0 Å². The second kappa shape index (κ2) is 24.2. The summed E-state index contributed by atoms with van der Waals surface area (Å²) in [5.41, 5.74) is 32.3. The Morgan fingerprint density at radius 2 is 0.830 bits per heavy atom. The van der Waals surface area contributed by atoms with Crippen molar-refractivity contribution in [3.05, 3.63) is 254 Å². The standard InChI is InChI=1S/2C22H21N4.C22H20N3.C19H21N4/c2*1-13-9-19(25(4)12-23-13)17-11-20-22(15(3)14(17)2)24-21-10-16-7-5-6-8-18(16)26(20)21;1-14-15(2)21-19(25-11-6-9-20(25)23-21)13-18(14)22-17-8-5-4-7-16(17)10-12-24(22)3;1-11-6-18-21-19-14(4)13(3)15(8-17(19)23(18)9-11)16-7-12(2)20-10-22(16)5/h2*5-9,11-12H,10H2,1-4H3;4-8,10-13H,9H2,1-3H3;7-10H,6H2,1-5H3/q4*+1/i3D3;;;4D3. The third-order valence-electron chi connectivity index (χ3n) is 20.9. The number of aryl methyl sites for hydroxylation is 11. The van der Waals surface area contributed by atoms with E-state index in [4.69, 9.17) is 23.2 Å². The molecule has 8 aromatic heterocycles. The van der Waals surface area contributed by atoms with E-state index in [0.29, 0.717) is 28.6 Å². The number of aromatic nitrogens is 15. The van der Waals surface area contributed by atoms with Gasteiger partial charge in [-0.1, -0.05) is 75.6 Å². The number of hydrogen-bond donors (Lipinski definition) is 0. The number of nitrogens with zero attached hydrogens (tertiary/aromatic N) is 15. The quantitative estimate of drug-likeness (QED) is 0.161. The average molecular weight is 1320 g/mol. The van der Waals surface area contributed by atoms with Gasteiger partial charge in [0.25, 0.3) is 19.0 Å². The van der Waals surface area contributed by atoms with Crippen LogP contribution in [0.1, 0.15) is 111 Å². The first-order chi connectivity index (χ1) is 50.6. The lowest BCUT2D eigenvalue weighted by atomic mass is 9.95. The van der Waals surface area contributed by atoms with E-state index < -0.39 is 13.7 Å². The monoisotopic (exact) mass is 1320 g/mol. The van der Waals surface area contributed by atoms with Crippen LogP contribution in [-0.2, 0) is 53.9 Å². The van der Waals surface area contributed by atoms with Crippen molar-refractivity contribution in [3.63, 3.8) is 0 Å². The maximum atomic E-state index is 8.22. The minimum atomic E-state index is -2.26. The van der Waals surface area contributed by atoms with E-state index in [1.54, 1.807) is 12.7 Å². The maximum absolute atomic E-state index is 8.22. The molecule has 0 spiro atoms. The summed E-state index contributed by atoms with van der Waals surface area (Å²) in [7, 11) is 8.03.